The Bertz CT molecular complexity index is 1250. The molecule has 1 amide bonds. The Morgan fingerprint density at radius 3 is 2.10 bits per heavy atom. The van der Waals surface area contributed by atoms with Crippen molar-refractivity contribution in [2.24, 2.45) is 5.92 Å². The molecule has 2 N–H and O–H groups in total. The van der Waals surface area contributed by atoms with E-state index in [1.807, 2.05) is 0 Å². The summed E-state index contributed by atoms with van der Waals surface area (Å²) >= 11 is 0. The van der Waals surface area contributed by atoms with Crippen LogP contribution in [0.5, 0.6) is 0 Å². The van der Waals surface area contributed by atoms with Crippen LogP contribution in [-0.2, 0) is 35.3 Å². The van der Waals surface area contributed by atoms with E-state index >= 15 is 0 Å². The molecule has 1 saturated carbocycles. The molecule has 0 unspecified atom stereocenters. The van der Waals surface area contributed by atoms with Gasteiger partial charge in [0.15, 0.2) is 0 Å². The third-order valence-electron chi connectivity index (χ3n) is 6.37. The Balaban J connectivity index is 0.00000560. The van der Waals surface area contributed by atoms with Gasteiger partial charge in [-0.05, 0) is 61.9 Å². The number of carboxylic acid groups (broad SMARTS) is 1. The van der Waals surface area contributed by atoms with E-state index in [1.165, 1.54) is 0 Å². The van der Waals surface area contributed by atoms with Crippen LogP contribution in [0.2, 0.25) is 0 Å². The molecule has 3 rings (SSSR count). The van der Waals surface area contributed by atoms with E-state index in [9.17, 15) is 41.1 Å². The summed E-state index contributed by atoms with van der Waals surface area (Å²) in [5.74, 6) is -2.86. The van der Waals surface area contributed by atoms with E-state index in [-0.39, 0.29) is 75.2 Å². The standard InChI is InChI=1S/C26H29F3N2O7S.K/c27-26(28,29)19-8-12-21(13-9-19)39(36,37)31-20-10-6-18(7-11-20)25(35)30-22(17-4-2-1-3-5-17)16-38-24(34)15-14-23(32)33;/h1-5,8-9,12-13,18,20,22,31H,6-7,10-11,14-16H2,(H,30,35)(H,32,33);/q;+1/p-1/t18?,20?,22-;/m0./s1. The smallest absolute Gasteiger partial charge is 0.550 e. The van der Waals surface area contributed by atoms with Crippen molar-refractivity contribution in [3.8, 4) is 0 Å². The molecule has 0 aromatic heterocycles. The SMILES string of the molecule is O=C([O-])CCC(=O)OC[C@H](NC(=O)C1CCC(NS(=O)(=O)c2ccc(C(F)(F)F)cc2)CC1)c1ccccc1.[K+]. The van der Waals surface area contributed by atoms with Crippen LogP contribution in [0.1, 0.15) is 55.7 Å². The van der Waals surface area contributed by atoms with Gasteiger partial charge in [0.25, 0.3) is 0 Å². The molecular weight excluding hydrogens is 580 g/mol. The zero-order valence-electron chi connectivity index (χ0n) is 21.8. The predicted molar refractivity (Wildman–Crippen MR) is 130 cm³/mol. The molecule has 1 fully saturated rings. The number of carbonyl (C=O) groups is 3. The van der Waals surface area contributed by atoms with Crippen LogP contribution in [0.25, 0.3) is 0 Å². The number of sulfonamides is 1. The zero-order chi connectivity index (χ0) is 28.6. The maximum atomic E-state index is 13.0. The zero-order valence-corrected chi connectivity index (χ0v) is 25.7. The molecule has 40 heavy (non-hydrogen) atoms. The Morgan fingerprint density at radius 2 is 1.55 bits per heavy atom. The van der Waals surface area contributed by atoms with E-state index < -0.39 is 58.1 Å². The Labute approximate surface area is 272 Å². The summed E-state index contributed by atoms with van der Waals surface area (Å²) in [6, 6.07) is 10.8. The quantitative estimate of drug-likeness (QED) is 0.258. The molecule has 212 valence electrons. The van der Waals surface area contributed by atoms with E-state index in [4.69, 9.17) is 4.74 Å². The Hall–Kier alpha value is -1.81. The summed E-state index contributed by atoms with van der Waals surface area (Å²) in [5.41, 5.74) is -0.273. The number of hydrogen-bond donors (Lipinski definition) is 2. The van der Waals surface area contributed by atoms with Gasteiger partial charge in [-0.25, -0.2) is 13.1 Å². The number of halogens is 3. The number of amides is 1. The minimum Gasteiger partial charge on any atom is -0.550 e. The van der Waals surface area contributed by atoms with Gasteiger partial charge in [-0.3, -0.25) is 9.59 Å². The van der Waals surface area contributed by atoms with Crippen LogP contribution >= 0.6 is 0 Å². The molecule has 2 aromatic carbocycles. The van der Waals surface area contributed by atoms with Gasteiger partial charge in [0, 0.05) is 17.9 Å². The third kappa shape index (κ3) is 10.5. The fourth-order valence-corrected chi connectivity index (χ4v) is 5.54. The minimum absolute atomic E-state index is 0. The van der Waals surface area contributed by atoms with Crippen molar-refractivity contribution in [2.75, 3.05) is 6.61 Å². The number of carbonyl (C=O) groups excluding carboxylic acids is 3. The van der Waals surface area contributed by atoms with E-state index in [0.717, 1.165) is 12.1 Å². The minimum atomic E-state index is -4.58. The summed E-state index contributed by atoms with van der Waals surface area (Å²) in [6.45, 7) is -0.204. The molecule has 9 nitrogen and oxygen atoms in total. The van der Waals surface area contributed by atoms with Crippen molar-refractivity contribution in [3.63, 3.8) is 0 Å². The average molecular weight is 609 g/mol. The first-order valence-electron chi connectivity index (χ1n) is 12.3. The van der Waals surface area contributed by atoms with Gasteiger partial charge in [0.2, 0.25) is 15.9 Å². The van der Waals surface area contributed by atoms with Crippen molar-refractivity contribution in [1.82, 2.24) is 10.0 Å². The molecule has 0 saturated heterocycles. The van der Waals surface area contributed by atoms with Crippen molar-refractivity contribution < 1.29 is 97.2 Å². The number of rotatable bonds is 11. The average Bonchev–Trinajstić information content (AvgIpc) is 2.90. The van der Waals surface area contributed by atoms with Crippen LogP contribution in [0.4, 0.5) is 13.2 Å². The molecule has 0 spiro atoms. The molecule has 2 aromatic rings. The first-order chi connectivity index (χ1) is 18.3. The fourth-order valence-electron chi connectivity index (χ4n) is 4.23. The summed E-state index contributed by atoms with van der Waals surface area (Å²) < 4.78 is 71.2. The molecule has 0 bridgehead atoms. The molecule has 0 heterocycles. The molecule has 0 aliphatic heterocycles. The first kappa shape index (κ1) is 34.4. The molecule has 1 aliphatic carbocycles. The summed E-state index contributed by atoms with van der Waals surface area (Å²) in [5, 5.41) is 13.4. The van der Waals surface area contributed by atoms with Gasteiger partial charge >= 0.3 is 63.5 Å². The van der Waals surface area contributed by atoms with Crippen molar-refractivity contribution in [2.45, 2.75) is 61.7 Å². The van der Waals surface area contributed by atoms with Gasteiger partial charge in [-0.15, -0.1) is 0 Å². The number of hydrogen-bond acceptors (Lipinski definition) is 7. The van der Waals surface area contributed by atoms with E-state index in [1.54, 1.807) is 30.3 Å². The van der Waals surface area contributed by atoms with Crippen LogP contribution in [0.3, 0.4) is 0 Å². The number of aliphatic carboxylic acids is 1. The number of alkyl halides is 3. The van der Waals surface area contributed by atoms with Crippen LogP contribution in [-0.4, -0.2) is 38.9 Å². The number of benzene rings is 2. The molecular formula is C26H28F3KN2O7S. The Morgan fingerprint density at radius 1 is 0.950 bits per heavy atom. The maximum Gasteiger partial charge on any atom is 1.00 e. The topological polar surface area (TPSA) is 142 Å². The van der Waals surface area contributed by atoms with Crippen LogP contribution < -0.4 is 66.5 Å². The second-order valence-electron chi connectivity index (χ2n) is 9.22. The normalized spacial score (nSPS) is 18.2. The monoisotopic (exact) mass is 608 g/mol. The molecule has 14 heteroatoms. The van der Waals surface area contributed by atoms with E-state index in [0.29, 0.717) is 43.4 Å². The molecule has 1 atom stereocenters. The summed E-state index contributed by atoms with van der Waals surface area (Å²) in [7, 11) is -4.05. The second kappa shape index (κ2) is 15.4. The summed E-state index contributed by atoms with van der Waals surface area (Å²) in [6.07, 6.45) is -4.01. The van der Waals surface area contributed by atoms with Gasteiger partial charge in [0.05, 0.1) is 22.9 Å². The number of ether oxygens (including phenoxy) is 1. The van der Waals surface area contributed by atoms with Gasteiger partial charge in [-0.1, -0.05) is 30.3 Å². The van der Waals surface area contributed by atoms with E-state index in [2.05, 4.69) is 10.0 Å². The van der Waals surface area contributed by atoms with Crippen molar-refractivity contribution in [1.29, 1.82) is 0 Å². The van der Waals surface area contributed by atoms with Crippen LogP contribution in [0.15, 0.2) is 59.5 Å². The van der Waals surface area contributed by atoms with Crippen molar-refractivity contribution >= 4 is 27.9 Å². The Kier molecular flexibility index (Phi) is 13.3. The summed E-state index contributed by atoms with van der Waals surface area (Å²) in [4.78, 5) is 35.1. The van der Waals surface area contributed by atoms with Gasteiger partial charge < -0.3 is 20.0 Å². The predicted octanol–water partition coefficient (Wildman–Crippen LogP) is -0.523. The fraction of sp³-hybridized carbons (Fsp3) is 0.423. The largest absolute Gasteiger partial charge is 1.00 e. The van der Waals surface area contributed by atoms with Crippen molar-refractivity contribution in [3.05, 3.63) is 65.7 Å². The number of esters is 1. The molecule has 0 radical (unpaired) electrons. The first-order valence-corrected chi connectivity index (χ1v) is 13.7. The maximum absolute atomic E-state index is 13.0. The second-order valence-corrected chi connectivity index (χ2v) is 10.9. The third-order valence-corrected chi connectivity index (χ3v) is 7.91. The number of carboxylic acids is 1. The number of nitrogens with one attached hydrogen (secondary N) is 2. The molecule has 1 aliphatic rings. The van der Waals surface area contributed by atoms with Crippen LogP contribution in [0, 0.1) is 5.92 Å². The van der Waals surface area contributed by atoms with Gasteiger partial charge in [0.1, 0.15) is 6.61 Å². The van der Waals surface area contributed by atoms with Gasteiger partial charge in [-0.2, -0.15) is 13.2 Å².